The number of alkyl carbamates (subject to hydrolysis) is 1. The molecule has 0 aliphatic rings. The second-order valence-corrected chi connectivity index (χ2v) is 4.09. The first-order valence-corrected chi connectivity index (χ1v) is 6.17. The third-order valence-electron chi connectivity index (χ3n) is 2.45. The summed E-state index contributed by atoms with van der Waals surface area (Å²) in [5.74, 6) is -1.05. The van der Waals surface area contributed by atoms with Crippen LogP contribution in [0.3, 0.4) is 0 Å². The van der Waals surface area contributed by atoms with Crippen LogP contribution < -0.4 is 11.1 Å². The number of nitrogens with one attached hydrogen (secondary N) is 1. The second kappa shape index (κ2) is 8.71. The van der Waals surface area contributed by atoms with Gasteiger partial charge in [0.05, 0.1) is 0 Å². The molecule has 0 fully saturated rings. The van der Waals surface area contributed by atoms with Gasteiger partial charge in [0.1, 0.15) is 12.6 Å². The number of ether oxygens (including phenoxy) is 1. The Balaban J connectivity index is 2.14. The highest BCUT2D eigenvalue weighted by molar-refractivity contribution is 5.73. The van der Waals surface area contributed by atoms with Crippen molar-refractivity contribution in [3.8, 4) is 0 Å². The Morgan fingerprint density at radius 2 is 2.00 bits per heavy atom. The lowest BCUT2D eigenvalue weighted by Crippen LogP contribution is -2.29. The van der Waals surface area contributed by atoms with Crippen molar-refractivity contribution in [1.29, 1.82) is 0 Å². The summed E-state index contributed by atoms with van der Waals surface area (Å²) in [7, 11) is 0. The average molecular weight is 278 g/mol. The minimum Gasteiger partial charge on any atom is -0.480 e. The Kier molecular flexibility index (Phi) is 6.84. The van der Waals surface area contributed by atoms with Crippen LogP contribution >= 0.6 is 0 Å². The lowest BCUT2D eigenvalue weighted by molar-refractivity contribution is -0.138. The van der Waals surface area contributed by atoms with Crippen LogP contribution in [-0.4, -0.2) is 29.8 Å². The van der Waals surface area contributed by atoms with Gasteiger partial charge in [-0.25, -0.2) is 4.79 Å². The third kappa shape index (κ3) is 6.55. The molecule has 1 aromatic carbocycles. The summed E-state index contributed by atoms with van der Waals surface area (Å²) in [6, 6.07) is 8.42. The van der Waals surface area contributed by atoms with E-state index in [2.05, 4.69) is 5.32 Å². The van der Waals surface area contributed by atoms with Gasteiger partial charge in [-0.1, -0.05) is 42.5 Å². The Hall–Kier alpha value is -2.34. The number of nitrogens with two attached hydrogens (primary N) is 1. The van der Waals surface area contributed by atoms with E-state index in [0.717, 1.165) is 5.56 Å². The molecular weight excluding hydrogens is 260 g/mol. The quantitative estimate of drug-likeness (QED) is 0.652. The van der Waals surface area contributed by atoms with Gasteiger partial charge in [-0.2, -0.15) is 0 Å². The normalized spacial score (nSPS) is 12.1. The predicted molar refractivity (Wildman–Crippen MR) is 74.0 cm³/mol. The third-order valence-corrected chi connectivity index (χ3v) is 2.45. The number of carbonyl (C=O) groups is 2. The fraction of sp³-hybridized carbons (Fsp3) is 0.286. The molecule has 1 amide bonds. The zero-order valence-electron chi connectivity index (χ0n) is 11.0. The topological polar surface area (TPSA) is 102 Å². The summed E-state index contributed by atoms with van der Waals surface area (Å²) in [5.41, 5.74) is 6.22. The number of amides is 1. The van der Waals surface area contributed by atoms with E-state index in [1.165, 1.54) is 0 Å². The summed E-state index contributed by atoms with van der Waals surface area (Å²) in [6.45, 7) is 0.472. The lowest BCUT2D eigenvalue weighted by atomic mass is 10.2. The summed E-state index contributed by atoms with van der Waals surface area (Å²) >= 11 is 0. The molecule has 0 saturated carbocycles. The molecule has 4 N–H and O–H groups in total. The van der Waals surface area contributed by atoms with E-state index in [4.69, 9.17) is 15.6 Å². The molecule has 0 radical (unpaired) electrons. The minimum absolute atomic E-state index is 0.209. The van der Waals surface area contributed by atoms with Crippen LogP contribution in [0.2, 0.25) is 0 Å². The number of hydrogen-bond donors (Lipinski definition) is 3. The van der Waals surface area contributed by atoms with Crippen LogP contribution in [0.5, 0.6) is 0 Å². The number of benzene rings is 1. The Bertz CT molecular complexity index is 460. The van der Waals surface area contributed by atoms with Gasteiger partial charge in [-0.05, 0) is 12.0 Å². The van der Waals surface area contributed by atoms with Crippen LogP contribution in [0.25, 0.3) is 0 Å². The molecule has 0 heterocycles. The van der Waals surface area contributed by atoms with Crippen LogP contribution in [0.4, 0.5) is 4.79 Å². The number of aliphatic carboxylic acids is 1. The Morgan fingerprint density at radius 1 is 1.30 bits per heavy atom. The molecule has 0 saturated heterocycles. The average Bonchev–Trinajstić information content (AvgIpc) is 2.45. The maximum atomic E-state index is 11.3. The van der Waals surface area contributed by atoms with Crippen molar-refractivity contribution in [2.75, 3.05) is 6.54 Å². The van der Waals surface area contributed by atoms with Gasteiger partial charge in [0.2, 0.25) is 0 Å². The lowest BCUT2D eigenvalue weighted by Gasteiger charge is -2.05. The maximum absolute atomic E-state index is 11.3. The van der Waals surface area contributed by atoms with Crippen molar-refractivity contribution in [2.45, 2.75) is 19.1 Å². The van der Waals surface area contributed by atoms with Gasteiger partial charge in [-0.3, -0.25) is 4.79 Å². The molecular formula is C14H18N2O4. The van der Waals surface area contributed by atoms with E-state index >= 15 is 0 Å². The van der Waals surface area contributed by atoms with E-state index in [-0.39, 0.29) is 19.6 Å². The Morgan fingerprint density at radius 3 is 2.65 bits per heavy atom. The maximum Gasteiger partial charge on any atom is 0.407 e. The molecule has 1 atom stereocenters. The predicted octanol–water partition coefficient (Wildman–Crippen LogP) is 1.27. The van der Waals surface area contributed by atoms with Crippen LogP contribution in [0, 0.1) is 0 Å². The van der Waals surface area contributed by atoms with Crippen molar-refractivity contribution in [1.82, 2.24) is 5.32 Å². The molecule has 1 unspecified atom stereocenters. The standard InChI is InChI=1S/C14H18N2O4/c15-12(13(17)18)8-4-5-9-16-14(19)20-10-11-6-2-1-3-7-11/h1-7,12H,8-10,15H2,(H,16,19)(H,17,18)/b5-4+. The number of carboxylic acids is 1. The highest BCUT2D eigenvalue weighted by Gasteiger charge is 2.07. The number of carboxylic acid groups (broad SMARTS) is 1. The first-order chi connectivity index (χ1) is 9.59. The first kappa shape index (κ1) is 15.7. The van der Waals surface area contributed by atoms with E-state index < -0.39 is 18.1 Å². The van der Waals surface area contributed by atoms with Gasteiger partial charge in [0.25, 0.3) is 0 Å². The minimum atomic E-state index is -1.05. The number of carbonyl (C=O) groups excluding carboxylic acids is 1. The van der Waals surface area contributed by atoms with E-state index in [0.29, 0.717) is 0 Å². The molecule has 6 nitrogen and oxygen atoms in total. The molecule has 0 bridgehead atoms. The van der Waals surface area contributed by atoms with Crippen molar-refractivity contribution >= 4 is 12.1 Å². The van der Waals surface area contributed by atoms with E-state index in [9.17, 15) is 9.59 Å². The molecule has 1 aromatic rings. The molecule has 108 valence electrons. The first-order valence-electron chi connectivity index (χ1n) is 6.17. The second-order valence-electron chi connectivity index (χ2n) is 4.09. The van der Waals surface area contributed by atoms with Crippen LogP contribution in [0.15, 0.2) is 42.5 Å². The van der Waals surface area contributed by atoms with Gasteiger partial charge in [0.15, 0.2) is 0 Å². The number of rotatable bonds is 7. The highest BCUT2D eigenvalue weighted by Crippen LogP contribution is 2.00. The fourth-order valence-corrected chi connectivity index (χ4v) is 1.34. The van der Waals surface area contributed by atoms with Gasteiger partial charge in [-0.15, -0.1) is 0 Å². The molecule has 0 aliphatic heterocycles. The van der Waals surface area contributed by atoms with Crippen molar-refractivity contribution in [3.63, 3.8) is 0 Å². The summed E-state index contributed by atoms with van der Waals surface area (Å²) < 4.78 is 4.99. The number of hydrogen-bond acceptors (Lipinski definition) is 4. The van der Waals surface area contributed by atoms with Crippen LogP contribution in [-0.2, 0) is 16.1 Å². The van der Waals surface area contributed by atoms with Crippen molar-refractivity contribution in [3.05, 3.63) is 48.0 Å². The highest BCUT2D eigenvalue weighted by atomic mass is 16.5. The molecule has 0 aliphatic carbocycles. The zero-order chi connectivity index (χ0) is 14.8. The molecule has 0 aromatic heterocycles. The molecule has 6 heteroatoms. The monoisotopic (exact) mass is 278 g/mol. The zero-order valence-corrected chi connectivity index (χ0v) is 11.0. The summed E-state index contributed by atoms with van der Waals surface area (Å²) in [6.07, 6.45) is 2.93. The summed E-state index contributed by atoms with van der Waals surface area (Å²) in [5, 5.41) is 11.1. The SMILES string of the molecule is NC(C/C=C/CNC(=O)OCc1ccccc1)C(=O)O. The van der Waals surface area contributed by atoms with Gasteiger partial charge in [0, 0.05) is 6.54 Å². The van der Waals surface area contributed by atoms with Crippen LogP contribution in [0.1, 0.15) is 12.0 Å². The van der Waals surface area contributed by atoms with E-state index in [1.54, 1.807) is 12.2 Å². The molecule has 0 spiro atoms. The van der Waals surface area contributed by atoms with E-state index in [1.807, 2.05) is 30.3 Å². The van der Waals surface area contributed by atoms with Gasteiger partial charge >= 0.3 is 12.1 Å². The molecule has 20 heavy (non-hydrogen) atoms. The fourth-order valence-electron chi connectivity index (χ4n) is 1.34. The smallest absolute Gasteiger partial charge is 0.407 e. The molecule has 1 rings (SSSR count). The van der Waals surface area contributed by atoms with Gasteiger partial charge < -0.3 is 20.9 Å². The largest absolute Gasteiger partial charge is 0.480 e. The van der Waals surface area contributed by atoms with Crippen molar-refractivity contribution in [2.24, 2.45) is 5.73 Å². The Labute approximate surface area is 117 Å². The summed E-state index contributed by atoms with van der Waals surface area (Å²) in [4.78, 5) is 21.8. The van der Waals surface area contributed by atoms with Crippen molar-refractivity contribution < 1.29 is 19.4 Å².